The molecule has 0 spiro atoms. The van der Waals surface area contributed by atoms with E-state index in [2.05, 4.69) is 5.32 Å². The van der Waals surface area contributed by atoms with Crippen molar-refractivity contribution in [1.82, 2.24) is 5.32 Å². The molecule has 4 aliphatic carbocycles. The Morgan fingerprint density at radius 3 is 2.24 bits per heavy atom. The first-order valence-electron chi connectivity index (χ1n) is 7.72. The Morgan fingerprint density at radius 2 is 1.53 bits per heavy atom. The molecule has 4 saturated carbocycles. The van der Waals surface area contributed by atoms with E-state index < -0.39 is 0 Å². The van der Waals surface area contributed by atoms with Crippen LogP contribution in [0.15, 0.2) is 0 Å². The molecule has 2 nitrogen and oxygen atoms in total. The molecular formula is C15H25NO. The molecule has 1 heterocycles. The molecule has 2 heteroatoms. The van der Waals surface area contributed by atoms with Gasteiger partial charge in [0.05, 0.1) is 12.7 Å². The summed E-state index contributed by atoms with van der Waals surface area (Å²) >= 11 is 0. The van der Waals surface area contributed by atoms with E-state index in [9.17, 15) is 0 Å². The van der Waals surface area contributed by atoms with E-state index >= 15 is 0 Å². The van der Waals surface area contributed by atoms with Gasteiger partial charge in [-0.3, -0.25) is 0 Å². The van der Waals surface area contributed by atoms with Crippen molar-refractivity contribution in [2.45, 2.75) is 44.6 Å². The molecule has 5 aliphatic rings. The molecule has 4 bridgehead atoms. The largest absolute Gasteiger partial charge is 0.377 e. The van der Waals surface area contributed by atoms with E-state index in [1.807, 2.05) is 0 Å². The Morgan fingerprint density at radius 1 is 0.824 bits per heavy atom. The van der Waals surface area contributed by atoms with Gasteiger partial charge in [0.15, 0.2) is 0 Å². The Hall–Kier alpha value is -0.0800. The molecule has 5 rings (SSSR count). The van der Waals surface area contributed by atoms with Crippen LogP contribution < -0.4 is 5.32 Å². The maximum Gasteiger partial charge on any atom is 0.0621 e. The predicted molar refractivity (Wildman–Crippen MR) is 67.8 cm³/mol. The Bertz CT molecular complexity index is 255. The minimum absolute atomic E-state index is 0.583. The first kappa shape index (κ1) is 10.8. The van der Waals surface area contributed by atoms with Gasteiger partial charge in [0.1, 0.15) is 0 Å². The molecule has 1 unspecified atom stereocenters. The van der Waals surface area contributed by atoms with Crippen LogP contribution in [0.4, 0.5) is 0 Å². The zero-order chi connectivity index (χ0) is 11.2. The summed E-state index contributed by atoms with van der Waals surface area (Å²) in [7, 11) is 0. The van der Waals surface area contributed by atoms with Crippen LogP contribution in [-0.2, 0) is 4.74 Å². The highest BCUT2D eigenvalue weighted by atomic mass is 16.5. The average molecular weight is 235 g/mol. The molecule has 0 aromatic rings. The fourth-order valence-electron chi connectivity index (χ4n) is 5.61. The quantitative estimate of drug-likeness (QED) is 0.754. The Labute approximate surface area is 104 Å². The number of rotatable bonds is 1. The van der Waals surface area contributed by atoms with Gasteiger partial charge in [-0.25, -0.2) is 0 Å². The Balaban J connectivity index is 1.53. The monoisotopic (exact) mass is 235 g/mol. The minimum Gasteiger partial charge on any atom is -0.377 e. The third kappa shape index (κ3) is 1.84. The Kier molecular flexibility index (Phi) is 2.69. The van der Waals surface area contributed by atoms with Crippen LogP contribution in [0, 0.1) is 29.6 Å². The standard InChI is InChI=1S/C15H25NO/c1-2-16-3-4-17-14(1)15-12-6-10-5-11(8-12)9-13(15)7-10/h10-16H,1-9H2. The molecule has 1 saturated heterocycles. The zero-order valence-corrected chi connectivity index (χ0v) is 10.7. The van der Waals surface area contributed by atoms with E-state index in [0.29, 0.717) is 6.10 Å². The smallest absolute Gasteiger partial charge is 0.0621 e. The molecule has 0 aromatic carbocycles. The predicted octanol–water partition coefficient (Wildman–Crippen LogP) is 2.44. The number of nitrogens with one attached hydrogen (secondary N) is 1. The van der Waals surface area contributed by atoms with Crippen molar-refractivity contribution >= 4 is 0 Å². The topological polar surface area (TPSA) is 21.3 Å². The van der Waals surface area contributed by atoms with E-state index in [-0.39, 0.29) is 0 Å². The molecule has 0 aromatic heterocycles. The molecule has 17 heavy (non-hydrogen) atoms. The third-order valence-corrected chi connectivity index (χ3v) is 5.95. The summed E-state index contributed by atoms with van der Waals surface area (Å²) in [6, 6.07) is 0. The van der Waals surface area contributed by atoms with Gasteiger partial charge in [-0.15, -0.1) is 0 Å². The number of hydrogen-bond acceptors (Lipinski definition) is 2. The SMILES string of the molecule is C1COC(C2C3CC4CC(C3)CC2C4)CCN1. The maximum absolute atomic E-state index is 6.17. The lowest BCUT2D eigenvalue weighted by molar-refractivity contribution is -0.108. The summed E-state index contributed by atoms with van der Waals surface area (Å²) in [4.78, 5) is 0. The van der Waals surface area contributed by atoms with Crippen LogP contribution in [0.5, 0.6) is 0 Å². The van der Waals surface area contributed by atoms with E-state index in [1.165, 1.54) is 38.6 Å². The molecule has 1 N–H and O–H groups in total. The number of ether oxygens (including phenoxy) is 1. The summed E-state index contributed by atoms with van der Waals surface area (Å²) in [6.07, 6.45) is 9.53. The molecule has 5 fully saturated rings. The molecular weight excluding hydrogens is 210 g/mol. The highest BCUT2D eigenvalue weighted by Gasteiger charge is 2.50. The van der Waals surface area contributed by atoms with Crippen LogP contribution in [0.3, 0.4) is 0 Å². The molecule has 0 radical (unpaired) electrons. The molecule has 1 atom stereocenters. The normalized spacial score (nSPS) is 53.6. The van der Waals surface area contributed by atoms with Gasteiger partial charge in [0, 0.05) is 6.54 Å². The third-order valence-electron chi connectivity index (χ3n) is 5.95. The summed E-state index contributed by atoms with van der Waals surface area (Å²) < 4.78 is 6.17. The lowest BCUT2D eigenvalue weighted by Gasteiger charge is -2.56. The van der Waals surface area contributed by atoms with Gasteiger partial charge in [-0.1, -0.05) is 0 Å². The highest BCUT2D eigenvalue weighted by Crippen LogP contribution is 2.57. The lowest BCUT2D eigenvalue weighted by atomic mass is 9.50. The first-order chi connectivity index (χ1) is 8.40. The summed E-state index contributed by atoms with van der Waals surface area (Å²) in [5, 5.41) is 3.47. The van der Waals surface area contributed by atoms with E-state index in [4.69, 9.17) is 4.74 Å². The molecule has 1 aliphatic heterocycles. The van der Waals surface area contributed by atoms with Crippen molar-refractivity contribution in [3.8, 4) is 0 Å². The maximum atomic E-state index is 6.17. The van der Waals surface area contributed by atoms with E-state index in [1.54, 1.807) is 6.42 Å². The zero-order valence-electron chi connectivity index (χ0n) is 10.7. The second-order valence-electron chi connectivity index (χ2n) is 6.96. The second kappa shape index (κ2) is 4.24. The van der Waals surface area contributed by atoms with Crippen LogP contribution in [0.1, 0.15) is 38.5 Å². The summed E-state index contributed by atoms with van der Waals surface area (Å²) in [5.74, 6) is 5.15. The number of hydrogen-bond donors (Lipinski definition) is 1. The van der Waals surface area contributed by atoms with Crippen molar-refractivity contribution in [1.29, 1.82) is 0 Å². The first-order valence-corrected chi connectivity index (χ1v) is 7.72. The van der Waals surface area contributed by atoms with Crippen LogP contribution >= 0.6 is 0 Å². The van der Waals surface area contributed by atoms with Crippen LogP contribution in [-0.4, -0.2) is 25.8 Å². The lowest BCUT2D eigenvalue weighted by Crippen LogP contribution is -2.50. The van der Waals surface area contributed by atoms with Crippen LogP contribution in [0.2, 0.25) is 0 Å². The van der Waals surface area contributed by atoms with Gasteiger partial charge in [-0.05, 0) is 74.7 Å². The van der Waals surface area contributed by atoms with Crippen molar-refractivity contribution in [2.75, 3.05) is 19.7 Å². The summed E-state index contributed by atoms with van der Waals surface area (Å²) in [5.41, 5.74) is 0. The van der Waals surface area contributed by atoms with Gasteiger partial charge in [0.2, 0.25) is 0 Å². The van der Waals surface area contributed by atoms with E-state index in [0.717, 1.165) is 42.7 Å². The molecule has 0 amide bonds. The van der Waals surface area contributed by atoms with Gasteiger partial charge >= 0.3 is 0 Å². The minimum atomic E-state index is 0.583. The fraction of sp³-hybridized carbons (Fsp3) is 1.00. The average Bonchev–Trinajstić information content (AvgIpc) is 2.56. The van der Waals surface area contributed by atoms with Crippen LogP contribution in [0.25, 0.3) is 0 Å². The fourth-order valence-corrected chi connectivity index (χ4v) is 5.61. The summed E-state index contributed by atoms with van der Waals surface area (Å²) in [6.45, 7) is 3.17. The van der Waals surface area contributed by atoms with Gasteiger partial charge in [-0.2, -0.15) is 0 Å². The van der Waals surface area contributed by atoms with Gasteiger partial charge in [0.25, 0.3) is 0 Å². The van der Waals surface area contributed by atoms with Gasteiger partial charge < -0.3 is 10.1 Å². The van der Waals surface area contributed by atoms with Crippen molar-refractivity contribution < 1.29 is 4.74 Å². The van der Waals surface area contributed by atoms with Crippen molar-refractivity contribution in [2.24, 2.45) is 29.6 Å². The van der Waals surface area contributed by atoms with Crippen molar-refractivity contribution in [3.63, 3.8) is 0 Å². The van der Waals surface area contributed by atoms with Crippen molar-refractivity contribution in [3.05, 3.63) is 0 Å². The highest BCUT2D eigenvalue weighted by molar-refractivity contribution is 5.00. The second-order valence-corrected chi connectivity index (χ2v) is 6.96. The molecule has 96 valence electrons.